The van der Waals surface area contributed by atoms with E-state index < -0.39 is 0 Å². The monoisotopic (exact) mass is 257 g/mol. The van der Waals surface area contributed by atoms with Crippen LogP contribution in [-0.4, -0.2) is 4.98 Å². The summed E-state index contributed by atoms with van der Waals surface area (Å²) in [4.78, 5) is 3.92. The number of hydrogen-bond acceptors (Lipinski definition) is 1. The quantitative estimate of drug-likeness (QED) is 0.742. The summed E-state index contributed by atoms with van der Waals surface area (Å²) < 4.78 is 12.7. The molecule has 0 N–H and O–H groups in total. The minimum atomic E-state index is -0.256. The molecule has 1 atom stereocenters. The molecule has 1 aromatic heterocycles. The summed E-state index contributed by atoms with van der Waals surface area (Å²) in [5.41, 5.74) is 1.84. The Hall–Kier alpha value is -1.12. The summed E-state index contributed by atoms with van der Waals surface area (Å²) >= 11 is 6.23. The predicted molar refractivity (Wildman–Crippen MR) is 65.6 cm³/mol. The topological polar surface area (TPSA) is 12.9 Å². The zero-order chi connectivity index (χ0) is 10.7. The lowest BCUT2D eigenvalue weighted by Gasteiger charge is -2.09. The zero-order valence-electron chi connectivity index (χ0n) is 8.31. The van der Waals surface area contributed by atoms with Gasteiger partial charge in [0.25, 0.3) is 0 Å². The number of hydrogen-bond donors (Lipinski definition) is 0. The van der Waals surface area contributed by atoms with Crippen molar-refractivity contribution in [3.8, 4) is 0 Å². The normalized spacial score (nSPS) is 11.6. The molecule has 0 fully saturated rings. The second-order valence-electron chi connectivity index (χ2n) is 3.19. The van der Waals surface area contributed by atoms with Crippen LogP contribution in [-0.2, 0) is 0 Å². The molecule has 1 unspecified atom stereocenters. The average molecular weight is 258 g/mol. The van der Waals surface area contributed by atoms with Crippen LogP contribution in [0.3, 0.4) is 0 Å². The van der Waals surface area contributed by atoms with Gasteiger partial charge in [-0.1, -0.05) is 12.1 Å². The van der Waals surface area contributed by atoms with Crippen LogP contribution in [0.2, 0.25) is 0 Å². The molecule has 84 valence electrons. The van der Waals surface area contributed by atoms with E-state index in [0.717, 1.165) is 11.1 Å². The first-order valence-corrected chi connectivity index (χ1v) is 5.00. The van der Waals surface area contributed by atoms with Crippen LogP contribution in [0.4, 0.5) is 4.39 Å². The molecule has 0 saturated carbocycles. The molecule has 0 aliphatic carbocycles. The number of halogens is 3. The highest BCUT2D eigenvalue weighted by Crippen LogP contribution is 2.27. The fraction of sp³-hybridized carbons (Fsp3) is 0.0833. The number of alkyl halides is 1. The van der Waals surface area contributed by atoms with Gasteiger partial charge in [-0.25, -0.2) is 4.39 Å². The Morgan fingerprint density at radius 1 is 0.938 bits per heavy atom. The summed E-state index contributed by atoms with van der Waals surface area (Å²) in [7, 11) is 0. The van der Waals surface area contributed by atoms with Crippen LogP contribution in [0, 0.1) is 5.82 Å². The summed E-state index contributed by atoms with van der Waals surface area (Å²) in [6.45, 7) is 0. The lowest BCUT2D eigenvalue weighted by atomic mass is 10.1. The van der Waals surface area contributed by atoms with Crippen LogP contribution < -0.4 is 0 Å². The summed E-state index contributed by atoms with van der Waals surface area (Å²) in [6, 6.07) is 9.89. The van der Waals surface area contributed by atoms with Crippen LogP contribution in [0.1, 0.15) is 16.5 Å². The summed E-state index contributed by atoms with van der Waals surface area (Å²) in [5, 5.41) is -0.256. The zero-order valence-corrected chi connectivity index (χ0v) is 9.88. The van der Waals surface area contributed by atoms with E-state index in [2.05, 4.69) is 4.98 Å². The van der Waals surface area contributed by atoms with Gasteiger partial charge in [0.15, 0.2) is 0 Å². The number of rotatable bonds is 2. The Labute approximate surface area is 105 Å². The molecule has 1 nitrogen and oxygen atoms in total. The molecule has 0 spiro atoms. The van der Waals surface area contributed by atoms with Crippen molar-refractivity contribution >= 4 is 24.0 Å². The largest absolute Gasteiger partial charge is 0.265 e. The van der Waals surface area contributed by atoms with Gasteiger partial charge in [0, 0.05) is 12.4 Å². The van der Waals surface area contributed by atoms with Gasteiger partial charge in [-0.2, -0.15) is 0 Å². The highest BCUT2D eigenvalue weighted by molar-refractivity contribution is 6.22. The Bertz CT molecular complexity index is 431. The fourth-order valence-electron chi connectivity index (χ4n) is 1.36. The Morgan fingerprint density at radius 3 is 2.00 bits per heavy atom. The maximum atomic E-state index is 12.7. The molecule has 2 aromatic rings. The maximum absolute atomic E-state index is 12.7. The van der Waals surface area contributed by atoms with Crippen molar-refractivity contribution < 1.29 is 4.39 Å². The minimum Gasteiger partial charge on any atom is -0.265 e. The highest BCUT2D eigenvalue weighted by Gasteiger charge is 2.09. The van der Waals surface area contributed by atoms with Crippen LogP contribution in [0.5, 0.6) is 0 Å². The van der Waals surface area contributed by atoms with E-state index in [-0.39, 0.29) is 23.6 Å². The van der Waals surface area contributed by atoms with E-state index in [1.165, 1.54) is 12.1 Å². The second kappa shape index (κ2) is 5.83. The van der Waals surface area contributed by atoms with Gasteiger partial charge in [-0.05, 0) is 35.4 Å². The Morgan fingerprint density at radius 2 is 1.44 bits per heavy atom. The minimum absolute atomic E-state index is 0. The lowest BCUT2D eigenvalue weighted by Crippen LogP contribution is -1.93. The van der Waals surface area contributed by atoms with Gasteiger partial charge in [-0.3, -0.25) is 4.98 Å². The first-order valence-electron chi connectivity index (χ1n) is 4.57. The molecule has 1 heterocycles. The van der Waals surface area contributed by atoms with Crippen molar-refractivity contribution in [2.24, 2.45) is 0 Å². The van der Waals surface area contributed by atoms with E-state index in [1.807, 2.05) is 12.1 Å². The third-order valence-electron chi connectivity index (χ3n) is 2.16. The van der Waals surface area contributed by atoms with Crippen molar-refractivity contribution in [1.29, 1.82) is 0 Å². The number of aromatic nitrogens is 1. The summed E-state index contributed by atoms with van der Waals surface area (Å²) in [5.74, 6) is -0.252. The van der Waals surface area contributed by atoms with Crippen LogP contribution >= 0.6 is 24.0 Å². The maximum Gasteiger partial charge on any atom is 0.123 e. The Kier molecular flexibility index (Phi) is 4.71. The molecule has 1 aromatic carbocycles. The van der Waals surface area contributed by atoms with E-state index in [4.69, 9.17) is 11.6 Å². The van der Waals surface area contributed by atoms with Gasteiger partial charge < -0.3 is 0 Å². The van der Waals surface area contributed by atoms with Gasteiger partial charge in [0.05, 0.1) is 5.38 Å². The van der Waals surface area contributed by atoms with E-state index in [0.29, 0.717) is 0 Å². The van der Waals surface area contributed by atoms with Crippen LogP contribution in [0.15, 0.2) is 48.8 Å². The van der Waals surface area contributed by atoms with Crippen LogP contribution in [0.25, 0.3) is 0 Å². The fourth-order valence-corrected chi connectivity index (χ4v) is 1.65. The van der Waals surface area contributed by atoms with E-state index >= 15 is 0 Å². The smallest absolute Gasteiger partial charge is 0.123 e. The summed E-state index contributed by atoms with van der Waals surface area (Å²) in [6.07, 6.45) is 3.38. The molecule has 16 heavy (non-hydrogen) atoms. The molecule has 0 radical (unpaired) electrons. The number of nitrogens with zero attached hydrogens (tertiary/aromatic N) is 1. The molecular formula is C12H10Cl2FN. The first kappa shape index (κ1) is 12.9. The molecule has 4 heteroatoms. The Balaban J connectivity index is 0.00000128. The van der Waals surface area contributed by atoms with E-state index in [1.54, 1.807) is 24.5 Å². The second-order valence-corrected chi connectivity index (χ2v) is 3.63. The van der Waals surface area contributed by atoms with E-state index in [9.17, 15) is 4.39 Å². The molecule has 0 bridgehead atoms. The first-order chi connectivity index (χ1) is 7.27. The molecule has 0 amide bonds. The lowest BCUT2D eigenvalue weighted by molar-refractivity contribution is 0.627. The van der Waals surface area contributed by atoms with Gasteiger partial charge >= 0.3 is 0 Å². The molecule has 0 saturated heterocycles. The SMILES string of the molecule is Cl.Fc1ccc(C(Cl)c2ccncc2)cc1. The predicted octanol–water partition coefficient (Wildman–Crippen LogP) is 3.97. The van der Waals surface area contributed by atoms with Crippen molar-refractivity contribution in [3.63, 3.8) is 0 Å². The van der Waals surface area contributed by atoms with Crippen molar-refractivity contribution in [2.45, 2.75) is 5.38 Å². The third kappa shape index (κ3) is 2.94. The average Bonchev–Trinajstić information content (AvgIpc) is 2.30. The van der Waals surface area contributed by atoms with Crippen molar-refractivity contribution in [1.82, 2.24) is 4.98 Å². The molecule has 2 rings (SSSR count). The third-order valence-corrected chi connectivity index (χ3v) is 2.67. The molecule has 0 aliphatic rings. The standard InChI is InChI=1S/C12H9ClFN.ClH/c13-12(10-5-7-15-8-6-10)9-1-3-11(14)4-2-9;/h1-8,12H;1H. The number of pyridine rings is 1. The number of benzene rings is 1. The van der Waals surface area contributed by atoms with Crippen molar-refractivity contribution in [3.05, 3.63) is 65.7 Å². The van der Waals surface area contributed by atoms with Crippen molar-refractivity contribution in [2.75, 3.05) is 0 Å². The van der Waals surface area contributed by atoms with Gasteiger partial charge in [0.1, 0.15) is 5.82 Å². The molecule has 0 aliphatic heterocycles. The van der Waals surface area contributed by atoms with Gasteiger partial charge in [-0.15, -0.1) is 24.0 Å². The molecular weight excluding hydrogens is 248 g/mol. The highest BCUT2D eigenvalue weighted by atomic mass is 35.5. The van der Waals surface area contributed by atoms with Gasteiger partial charge in [0.2, 0.25) is 0 Å².